The molecule has 0 spiro atoms. The highest BCUT2D eigenvalue weighted by Crippen LogP contribution is 2.31. The van der Waals surface area contributed by atoms with Gasteiger partial charge < -0.3 is 9.47 Å². The first-order chi connectivity index (χ1) is 9.78. The third-order valence-corrected chi connectivity index (χ3v) is 4.34. The molecule has 1 saturated carbocycles. The van der Waals surface area contributed by atoms with Crippen LogP contribution in [-0.2, 0) is 6.42 Å². The number of methoxy groups -OCH3 is 2. The zero-order chi connectivity index (χ0) is 14.4. The van der Waals surface area contributed by atoms with E-state index < -0.39 is 0 Å². The lowest BCUT2D eigenvalue weighted by Crippen LogP contribution is -2.43. The van der Waals surface area contributed by atoms with E-state index in [1.165, 1.54) is 37.7 Å². The number of hydrogen-bond acceptors (Lipinski definition) is 4. The highest BCUT2D eigenvalue weighted by Gasteiger charge is 2.23. The standard InChI is InChI=1S/C16H26N2O2/c1-19-15-9-8-12(11-16(15)20-2)10-14(18-17)13-6-4-3-5-7-13/h8-9,11,13-14,18H,3-7,10,17H2,1-2H3. The lowest BCUT2D eigenvalue weighted by atomic mass is 9.82. The summed E-state index contributed by atoms with van der Waals surface area (Å²) in [4.78, 5) is 0. The van der Waals surface area contributed by atoms with Gasteiger partial charge >= 0.3 is 0 Å². The first-order valence-corrected chi connectivity index (χ1v) is 7.45. The van der Waals surface area contributed by atoms with Crippen LogP contribution < -0.4 is 20.7 Å². The van der Waals surface area contributed by atoms with Gasteiger partial charge in [-0.3, -0.25) is 11.3 Å². The highest BCUT2D eigenvalue weighted by molar-refractivity contribution is 5.43. The quantitative estimate of drug-likeness (QED) is 0.620. The molecular weight excluding hydrogens is 252 g/mol. The first kappa shape index (κ1) is 15.1. The van der Waals surface area contributed by atoms with Crippen LogP contribution in [0.25, 0.3) is 0 Å². The van der Waals surface area contributed by atoms with Crippen molar-refractivity contribution < 1.29 is 9.47 Å². The van der Waals surface area contributed by atoms with Gasteiger partial charge in [0.25, 0.3) is 0 Å². The number of rotatable bonds is 6. The van der Waals surface area contributed by atoms with Gasteiger partial charge in [0.15, 0.2) is 11.5 Å². The number of hydrogen-bond donors (Lipinski definition) is 2. The van der Waals surface area contributed by atoms with Crippen molar-refractivity contribution in [1.29, 1.82) is 0 Å². The van der Waals surface area contributed by atoms with Gasteiger partial charge in [-0.15, -0.1) is 0 Å². The zero-order valence-electron chi connectivity index (χ0n) is 12.5. The lowest BCUT2D eigenvalue weighted by molar-refractivity contribution is 0.268. The Morgan fingerprint density at radius 3 is 2.45 bits per heavy atom. The Morgan fingerprint density at radius 1 is 1.15 bits per heavy atom. The zero-order valence-corrected chi connectivity index (χ0v) is 12.5. The number of nitrogens with one attached hydrogen (secondary N) is 1. The van der Waals surface area contributed by atoms with Gasteiger partial charge in [-0.05, 0) is 42.9 Å². The molecule has 1 unspecified atom stereocenters. The van der Waals surface area contributed by atoms with Crippen molar-refractivity contribution in [1.82, 2.24) is 5.43 Å². The Balaban J connectivity index is 2.06. The van der Waals surface area contributed by atoms with Crippen LogP contribution in [0.15, 0.2) is 18.2 Å². The van der Waals surface area contributed by atoms with Crippen LogP contribution in [0.2, 0.25) is 0 Å². The molecule has 2 rings (SSSR count). The molecule has 1 aliphatic rings. The minimum Gasteiger partial charge on any atom is -0.493 e. The maximum atomic E-state index is 5.77. The Morgan fingerprint density at radius 2 is 1.85 bits per heavy atom. The normalized spacial score (nSPS) is 17.8. The van der Waals surface area contributed by atoms with Gasteiger partial charge in [-0.25, -0.2) is 0 Å². The van der Waals surface area contributed by atoms with Crippen LogP contribution in [0.1, 0.15) is 37.7 Å². The molecule has 112 valence electrons. The molecule has 0 bridgehead atoms. The van der Waals surface area contributed by atoms with E-state index in [9.17, 15) is 0 Å². The molecule has 20 heavy (non-hydrogen) atoms. The Bertz CT molecular complexity index is 417. The predicted octanol–water partition coefficient (Wildman–Crippen LogP) is 2.66. The highest BCUT2D eigenvalue weighted by atomic mass is 16.5. The van der Waals surface area contributed by atoms with Crippen LogP contribution in [0, 0.1) is 5.92 Å². The average Bonchev–Trinajstić information content (AvgIpc) is 2.53. The lowest BCUT2D eigenvalue weighted by Gasteiger charge is -2.30. The van der Waals surface area contributed by atoms with Crippen LogP contribution in [-0.4, -0.2) is 20.3 Å². The Kier molecular flexibility index (Phi) is 5.68. The summed E-state index contributed by atoms with van der Waals surface area (Å²) < 4.78 is 10.6. The summed E-state index contributed by atoms with van der Waals surface area (Å²) in [5.41, 5.74) is 4.25. The van der Waals surface area contributed by atoms with E-state index >= 15 is 0 Å². The van der Waals surface area contributed by atoms with Crippen molar-refractivity contribution in [2.24, 2.45) is 11.8 Å². The minimum atomic E-state index is 0.341. The van der Waals surface area contributed by atoms with Crippen molar-refractivity contribution >= 4 is 0 Å². The number of hydrazine groups is 1. The smallest absolute Gasteiger partial charge is 0.160 e. The molecule has 0 amide bonds. The van der Waals surface area contributed by atoms with E-state index in [0.29, 0.717) is 12.0 Å². The van der Waals surface area contributed by atoms with Crippen molar-refractivity contribution in [2.75, 3.05) is 14.2 Å². The van der Waals surface area contributed by atoms with E-state index in [1.54, 1.807) is 14.2 Å². The topological polar surface area (TPSA) is 56.5 Å². The fraction of sp³-hybridized carbons (Fsp3) is 0.625. The largest absolute Gasteiger partial charge is 0.493 e. The summed E-state index contributed by atoms with van der Waals surface area (Å²) in [6.45, 7) is 0. The van der Waals surface area contributed by atoms with Crippen LogP contribution in [0.3, 0.4) is 0 Å². The minimum absolute atomic E-state index is 0.341. The van der Waals surface area contributed by atoms with E-state index in [-0.39, 0.29) is 0 Å². The van der Waals surface area contributed by atoms with E-state index in [2.05, 4.69) is 11.5 Å². The summed E-state index contributed by atoms with van der Waals surface area (Å²) in [6.07, 6.45) is 7.51. The molecule has 1 aromatic carbocycles. The molecule has 0 aromatic heterocycles. The van der Waals surface area contributed by atoms with Gasteiger partial charge in [0.1, 0.15) is 0 Å². The molecule has 1 aromatic rings. The number of nitrogens with two attached hydrogens (primary N) is 1. The van der Waals surface area contributed by atoms with Crippen molar-refractivity contribution in [3.63, 3.8) is 0 Å². The van der Waals surface area contributed by atoms with Crippen molar-refractivity contribution in [3.8, 4) is 11.5 Å². The van der Waals surface area contributed by atoms with Gasteiger partial charge in [-0.2, -0.15) is 0 Å². The molecule has 0 saturated heterocycles. The third kappa shape index (κ3) is 3.64. The summed E-state index contributed by atoms with van der Waals surface area (Å²) >= 11 is 0. The molecular formula is C16H26N2O2. The number of benzene rings is 1. The second-order valence-electron chi connectivity index (χ2n) is 5.56. The molecule has 1 atom stereocenters. The SMILES string of the molecule is COc1ccc(CC(NN)C2CCCCC2)cc1OC. The molecule has 4 heteroatoms. The molecule has 1 fully saturated rings. The van der Waals surface area contributed by atoms with Gasteiger partial charge in [0.05, 0.1) is 14.2 Å². The van der Waals surface area contributed by atoms with E-state index in [1.807, 2.05) is 12.1 Å². The monoisotopic (exact) mass is 278 g/mol. The molecule has 3 N–H and O–H groups in total. The van der Waals surface area contributed by atoms with E-state index in [0.717, 1.165) is 17.9 Å². The fourth-order valence-corrected chi connectivity index (χ4v) is 3.16. The summed E-state index contributed by atoms with van der Waals surface area (Å²) in [5.74, 6) is 8.01. The summed E-state index contributed by atoms with van der Waals surface area (Å²) in [7, 11) is 3.32. The predicted molar refractivity (Wildman–Crippen MR) is 80.9 cm³/mol. The second-order valence-corrected chi connectivity index (χ2v) is 5.56. The molecule has 0 aliphatic heterocycles. The first-order valence-electron chi connectivity index (χ1n) is 7.45. The van der Waals surface area contributed by atoms with Gasteiger partial charge in [0, 0.05) is 6.04 Å². The van der Waals surface area contributed by atoms with Crippen LogP contribution in [0.5, 0.6) is 11.5 Å². The summed E-state index contributed by atoms with van der Waals surface area (Å²) in [5, 5.41) is 0. The van der Waals surface area contributed by atoms with Crippen LogP contribution in [0.4, 0.5) is 0 Å². The van der Waals surface area contributed by atoms with Gasteiger partial charge in [-0.1, -0.05) is 25.3 Å². The Labute approximate surface area is 121 Å². The maximum absolute atomic E-state index is 5.77. The molecule has 1 aliphatic carbocycles. The molecule has 0 heterocycles. The maximum Gasteiger partial charge on any atom is 0.160 e. The summed E-state index contributed by atoms with van der Waals surface area (Å²) in [6, 6.07) is 6.44. The van der Waals surface area contributed by atoms with Crippen LogP contribution >= 0.6 is 0 Å². The Hall–Kier alpha value is -1.26. The van der Waals surface area contributed by atoms with Crippen molar-refractivity contribution in [2.45, 2.75) is 44.6 Å². The second kappa shape index (κ2) is 7.50. The molecule has 0 radical (unpaired) electrons. The number of ether oxygens (including phenoxy) is 2. The molecule has 4 nitrogen and oxygen atoms in total. The van der Waals surface area contributed by atoms with Crippen molar-refractivity contribution in [3.05, 3.63) is 23.8 Å². The average molecular weight is 278 g/mol. The van der Waals surface area contributed by atoms with Gasteiger partial charge in [0.2, 0.25) is 0 Å². The fourth-order valence-electron chi connectivity index (χ4n) is 3.16. The third-order valence-electron chi connectivity index (χ3n) is 4.34. The van der Waals surface area contributed by atoms with E-state index in [4.69, 9.17) is 15.3 Å².